The van der Waals surface area contributed by atoms with E-state index in [2.05, 4.69) is 0 Å². The maximum absolute atomic E-state index is 12.2. The van der Waals surface area contributed by atoms with Gasteiger partial charge in [0.15, 0.2) is 0 Å². The molecule has 0 aromatic heterocycles. The molecule has 0 aromatic carbocycles. The molecule has 0 spiro atoms. The van der Waals surface area contributed by atoms with Crippen LogP contribution in [-0.4, -0.2) is 35.8 Å². The van der Waals surface area contributed by atoms with Gasteiger partial charge in [-0.1, -0.05) is 12.8 Å². The van der Waals surface area contributed by atoms with E-state index in [1.54, 1.807) is 4.90 Å². The molecule has 5 heteroatoms. The first-order valence-corrected chi connectivity index (χ1v) is 7.74. The van der Waals surface area contributed by atoms with Crippen molar-refractivity contribution in [2.75, 3.05) is 13.1 Å². The van der Waals surface area contributed by atoms with E-state index in [1.165, 1.54) is 12.8 Å². The quantitative estimate of drug-likeness (QED) is 0.806. The van der Waals surface area contributed by atoms with E-state index in [0.717, 1.165) is 19.3 Å². The summed E-state index contributed by atoms with van der Waals surface area (Å²) in [5.74, 6) is 0.452. The number of hydrogen-bond donors (Lipinski definition) is 2. The second-order valence-electron chi connectivity index (χ2n) is 6.82. The molecule has 2 rings (SSSR count). The zero-order valence-corrected chi connectivity index (χ0v) is 12.4. The van der Waals surface area contributed by atoms with Crippen LogP contribution in [0.3, 0.4) is 0 Å². The van der Waals surface area contributed by atoms with Crippen LogP contribution in [0.15, 0.2) is 0 Å². The standard InChI is InChI=1S/C15H27N3O2/c1-15(14(17)20)7-8-18(10-15)13(19)6-5-11-3-2-4-12(16)9-11/h11-12H,2-10,16H2,1H3,(H2,17,20). The van der Waals surface area contributed by atoms with Crippen LogP contribution < -0.4 is 11.5 Å². The minimum atomic E-state index is -0.539. The van der Waals surface area contributed by atoms with Gasteiger partial charge in [-0.2, -0.15) is 0 Å². The third-order valence-corrected chi connectivity index (χ3v) is 5.01. The van der Waals surface area contributed by atoms with Gasteiger partial charge in [-0.05, 0) is 38.5 Å². The number of nitrogens with zero attached hydrogens (tertiary/aromatic N) is 1. The highest BCUT2D eigenvalue weighted by Gasteiger charge is 2.40. The molecule has 0 aromatic rings. The summed E-state index contributed by atoms with van der Waals surface area (Å²) in [6.07, 6.45) is 6.73. The molecule has 114 valence electrons. The predicted octanol–water partition coefficient (Wildman–Crippen LogP) is 1.01. The largest absolute Gasteiger partial charge is 0.369 e. The molecule has 3 unspecified atom stereocenters. The Morgan fingerprint density at radius 3 is 2.70 bits per heavy atom. The Hall–Kier alpha value is -1.10. The van der Waals surface area contributed by atoms with Crippen LogP contribution in [0.4, 0.5) is 0 Å². The molecule has 3 atom stereocenters. The van der Waals surface area contributed by atoms with Crippen LogP contribution in [0.1, 0.15) is 51.9 Å². The van der Waals surface area contributed by atoms with Gasteiger partial charge in [-0.25, -0.2) is 0 Å². The highest BCUT2D eigenvalue weighted by Crippen LogP contribution is 2.31. The van der Waals surface area contributed by atoms with Crippen LogP contribution in [0, 0.1) is 11.3 Å². The number of carbonyl (C=O) groups excluding carboxylic acids is 2. The maximum atomic E-state index is 12.2. The number of amides is 2. The van der Waals surface area contributed by atoms with Crippen LogP contribution >= 0.6 is 0 Å². The summed E-state index contributed by atoms with van der Waals surface area (Å²) in [5, 5.41) is 0. The van der Waals surface area contributed by atoms with Crippen molar-refractivity contribution in [3.63, 3.8) is 0 Å². The molecule has 1 saturated carbocycles. The molecule has 20 heavy (non-hydrogen) atoms. The van der Waals surface area contributed by atoms with Crippen molar-refractivity contribution in [1.82, 2.24) is 4.90 Å². The monoisotopic (exact) mass is 281 g/mol. The van der Waals surface area contributed by atoms with Crippen LogP contribution in [0.5, 0.6) is 0 Å². The highest BCUT2D eigenvalue weighted by molar-refractivity contribution is 5.83. The summed E-state index contributed by atoms with van der Waals surface area (Å²) in [6.45, 7) is 2.98. The Morgan fingerprint density at radius 1 is 1.35 bits per heavy atom. The van der Waals surface area contributed by atoms with E-state index in [1.807, 2.05) is 6.92 Å². The number of primary amides is 1. The smallest absolute Gasteiger partial charge is 0.225 e. The van der Waals surface area contributed by atoms with Gasteiger partial charge in [0.2, 0.25) is 11.8 Å². The van der Waals surface area contributed by atoms with E-state index >= 15 is 0 Å². The normalized spacial score (nSPS) is 34.2. The SMILES string of the molecule is CC1(C(N)=O)CCN(C(=O)CCC2CCCC(N)C2)C1. The maximum Gasteiger partial charge on any atom is 0.225 e. The Bertz CT molecular complexity index is 385. The first-order chi connectivity index (χ1) is 9.40. The Kier molecular flexibility index (Phi) is 4.68. The van der Waals surface area contributed by atoms with Gasteiger partial charge >= 0.3 is 0 Å². The zero-order valence-electron chi connectivity index (χ0n) is 12.4. The highest BCUT2D eigenvalue weighted by atomic mass is 16.2. The minimum Gasteiger partial charge on any atom is -0.369 e. The summed E-state index contributed by atoms with van der Waals surface area (Å²) < 4.78 is 0. The third kappa shape index (κ3) is 3.51. The van der Waals surface area contributed by atoms with Gasteiger partial charge in [0.1, 0.15) is 0 Å². The Balaban J connectivity index is 1.77. The van der Waals surface area contributed by atoms with Gasteiger partial charge in [0, 0.05) is 25.6 Å². The fraction of sp³-hybridized carbons (Fsp3) is 0.867. The lowest BCUT2D eigenvalue weighted by Gasteiger charge is -2.27. The van der Waals surface area contributed by atoms with E-state index in [0.29, 0.717) is 37.9 Å². The van der Waals surface area contributed by atoms with Crippen molar-refractivity contribution >= 4 is 11.8 Å². The van der Waals surface area contributed by atoms with Crippen molar-refractivity contribution in [3.05, 3.63) is 0 Å². The molecular formula is C15H27N3O2. The van der Waals surface area contributed by atoms with E-state index < -0.39 is 5.41 Å². The van der Waals surface area contributed by atoms with Crippen molar-refractivity contribution in [1.29, 1.82) is 0 Å². The van der Waals surface area contributed by atoms with E-state index in [4.69, 9.17) is 11.5 Å². The number of carbonyl (C=O) groups is 2. The lowest BCUT2D eigenvalue weighted by atomic mass is 9.83. The summed E-state index contributed by atoms with van der Waals surface area (Å²) in [6, 6.07) is 0.314. The first-order valence-electron chi connectivity index (χ1n) is 7.74. The van der Waals surface area contributed by atoms with Gasteiger partial charge in [-0.3, -0.25) is 9.59 Å². The predicted molar refractivity (Wildman–Crippen MR) is 77.7 cm³/mol. The van der Waals surface area contributed by atoms with Crippen LogP contribution in [0.25, 0.3) is 0 Å². The molecule has 2 aliphatic rings. The second-order valence-corrected chi connectivity index (χ2v) is 6.82. The molecular weight excluding hydrogens is 254 g/mol. The number of rotatable bonds is 4. The first kappa shape index (κ1) is 15.3. The lowest BCUT2D eigenvalue weighted by molar-refractivity contribution is -0.132. The average Bonchev–Trinajstić information content (AvgIpc) is 2.80. The van der Waals surface area contributed by atoms with Crippen molar-refractivity contribution in [2.45, 2.75) is 57.9 Å². The Morgan fingerprint density at radius 2 is 2.10 bits per heavy atom. The number of hydrogen-bond acceptors (Lipinski definition) is 3. The summed E-state index contributed by atoms with van der Waals surface area (Å²) in [7, 11) is 0. The molecule has 4 N–H and O–H groups in total. The fourth-order valence-corrected chi connectivity index (χ4v) is 3.46. The summed E-state index contributed by atoms with van der Waals surface area (Å²) in [5.41, 5.74) is 10.8. The molecule has 0 radical (unpaired) electrons. The summed E-state index contributed by atoms with van der Waals surface area (Å²) in [4.78, 5) is 25.4. The molecule has 0 bridgehead atoms. The fourth-order valence-electron chi connectivity index (χ4n) is 3.46. The van der Waals surface area contributed by atoms with Gasteiger partial charge in [0.25, 0.3) is 0 Å². The molecule has 1 aliphatic carbocycles. The third-order valence-electron chi connectivity index (χ3n) is 5.01. The molecule has 5 nitrogen and oxygen atoms in total. The van der Waals surface area contributed by atoms with Crippen molar-refractivity contribution in [3.8, 4) is 0 Å². The van der Waals surface area contributed by atoms with Crippen LogP contribution in [0.2, 0.25) is 0 Å². The number of nitrogens with two attached hydrogens (primary N) is 2. The van der Waals surface area contributed by atoms with Gasteiger partial charge < -0.3 is 16.4 Å². The number of likely N-dealkylation sites (tertiary alicyclic amines) is 1. The average molecular weight is 281 g/mol. The molecule has 2 amide bonds. The molecule has 2 fully saturated rings. The second kappa shape index (κ2) is 6.12. The topological polar surface area (TPSA) is 89.4 Å². The molecule has 1 heterocycles. The van der Waals surface area contributed by atoms with Gasteiger partial charge in [-0.15, -0.1) is 0 Å². The molecule has 1 saturated heterocycles. The molecule has 1 aliphatic heterocycles. The van der Waals surface area contributed by atoms with E-state index in [9.17, 15) is 9.59 Å². The zero-order chi connectivity index (χ0) is 14.8. The lowest BCUT2D eigenvalue weighted by Crippen LogP contribution is -2.38. The van der Waals surface area contributed by atoms with E-state index in [-0.39, 0.29) is 11.8 Å². The Labute approximate surface area is 121 Å². The van der Waals surface area contributed by atoms with Gasteiger partial charge in [0.05, 0.1) is 5.41 Å². The van der Waals surface area contributed by atoms with Crippen molar-refractivity contribution < 1.29 is 9.59 Å². The van der Waals surface area contributed by atoms with Crippen LogP contribution in [-0.2, 0) is 9.59 Å². The summed E-state index contributed by atoms with van der Waals surface area (Å²) >= 11 is 0. The van der Waals surface area contributed by atoms with Crippen molar-refractivity contribution in [2.24, 2.45) is 22.8 Å². The minimum absolute atomic E-state index is 0.161.